The summed E-state index contributed by atoms with van der Waals surface area (Å²) in [6.07, 6.45) is 5.20. The van der Waals surface area contributed by atoms with Crippen molar-refractivity contribution in [3.05, 3.63) is 18.1 Å². The molecule has 0 atom stereocenters. The first-order valence-corrected chi connectivity index (χ1v) is 3.89. The Kier molecular flexibility index (Phi) is 1.43. The third-order valence-corrected chi connectivity index (χ3v) is 2.01. The molecule has 3 N–H and O–H groups in total. The number of anilines is 1. The zero-order chi connectivity index (χ0) is 7.68. The normalized spacial score (nSPS) is 13.8. The van der Waals surface area contributed by atoms with Crippen LogP contribution in [0.15, 0.2) is 17.4 Å². The smallest absolute Gasteiger partial charge is 0.142 e. The minimum atomic E-state index is 0.455. The van der Waals surface area contributed by atoms with E-state index in [1.54, 1.807) is 12.4 Å². The van der Waals surface area contributed by atoms with Crippen molar-refractivity contribution >= 4 is 23.8 Å². The molecule has 4 nitrogen and oxygen atoms in total. The summed E-state index contributed by atoms with van der Waals surface area (Å²) in [6.45, 7) is 0. The second-order valence-electron chi connectivity index (χ2n) is 2.04. The van der Waals surface area contributed by atoms with E-state index in [1.165, 1.54) is 11.9 Å². The van der Waals surface area contributed by atoms with Crippen LogP contribution in [0.3, 0.4) is 0 Å². The third-order valence-electron chi connectivity index (χ3n) is 1.25. The molecule has 0 saturated heterocycles. The summed E-state index contributed by atoms with van der Waals surface area (Å²) in [6, 6.07) is 0. The van der Waals surface area contributed by atoms with Gasteiger partial charge in [0.05, 0.1) is 6.20 Å². The number of fused-ring (bicyclic) bond motifs is 1. The molecule has 0 saturated carbocycles. The lowest BCUT2D eigenvalue weighted by Gasteiger charge is -2.07. The summed E-state index contributed by atoms with van der Waals surface area (Å²) in [7, 11) is 0. The minimum Gasteiger partial charge on any atom is -0.382 e. The molecule has 0 unspecified atom stereocenters. The maximum atomic E-state index is 5.44. The van der Waals surface area contributed by atoms with Gasteiger partial charge in [0.15, 0.2) is 0 Å². The lowest BCUT2D eigenvalue weighted by atomic mass is 10.4. The van der Waals surface area contributed by atoms with E-state index in [-0.39, 0.29) is 0 Å². The number of aromatic nitrogens is 2. The molecular weight excluding hydrogens is 160 g/mol. The zero-order valence-electron chi connectivity index (χ0n) is 5.61. The van der Waals surface area contributed by atoms with Crippen molar-refractivity contribution in [2.75, 3.05) is 5.73 Å². The molecular formula is C6H6N4S. The molecule has 56 valence electrons. The largest absolute Gasteiger partial charge is 0.382 e. The fourth-order valence-electron chi connectivity index (χ4n) is 0.797. The van der Waals surface area contributed by atoms with Crippen LogP contribution in [0.25, 0.3) is 6.08 Å². The van der Waals surface area contributed by atoms with Gasteiger partial charge in [0, 0.05) is 18.1 Å². The number of nitrogens with zero attached hydrogens (tertiary/aromatic N) is 2. The van der Waals surface area contributed by atoms with E-state index < -0.39 is 0 Å². The van der Waals surface area contributed by atoms with Crippen LogP contribution in [0.5, 0.6) is 0 Å². The fraction of sp³-hybridized carbons (Fsp3) is 0. The molecule has 1 aromatic heterocycles. The van der Waals surface area contributed by atoms with Gasteiger partial charge in [-0.15, -0.1) is 0 Å². The third kappa shape index (κ3) is 1.14. The van der Waals surface area contributed by atoms with E-state index in [2.05, 4.69) is 14.7 Å². The van der Waals surface area contributed by atoms with Gasteiger partial charge in [0.25, 0.3) is 0 Å². The second-order valence-corrected chi connectivity index (χ2v) is 2.87. The van der Waals surface area contributed by atoms with Gasteiger partial charge in [-0.25, -0.2) is 9.97 Å². The summed E-state index contributed by atoms with van der Waals surface area (Å²) < 4.78 is 2.95. The number of hydrogen-bond donors (Lipinski definition) is 2. The Balaban J connectivity index is 2.54. The molecule has 0 spiro atoms. The molecule has 0 fully saturated rings. The number of hydrogen-bond acceptors (Lipinski definition) is 5. The Morgan fingerprint density at radius 1 is 1.55 bits per heavy atom. The average molecular weight is 166 g/mol. The van der Waals surface area contributed by atoms with Crippen molar-refractivity contribution in [2.24, 2.45) is 0 Å². The lowest BCUT2D eigenvalue weighted by Crippen LogP contribution is -2.04. The Hall–Kier alpha value is -1.23. The van der Waals surface area contributed by atoms with Gasteiger partial charge in [-0.1, -0.05) is 0 Å². The Morgan fingerprint density at radius 3 is 3.36 bits per heavy atom. The van der Waals surface area contributed by atoms with Gasteiger partial charge in [0.2, 0.25) is 0 Å². The summed E-state index contributed by atoms with van der Waals surface area (Å²) in [5.74, 6) is 0.455. The number of rotatable bonds is 0. The first kappa shape index (κ1) is 6.48. The molecule has 0 aliphatic carbocycles. The summed E-state index contributed by atoms with van der Waals surface area (Å²) >= 11 is 1.43. The molecule has 5 heteroatoms. The van der Waals surface area contributed by atoms with Crippen LogP contribution in [0, 0.1) is 0 Å². The molecule has 2 heterocycles. The van der Waals surface area contributed by atoms with Crippen LogP contribution >= 0.6 is 11.9 Å². The molecule has 1 aliphatic rings. The highest BCUT2D eigenvalue weighted by Crippen LogP contribution is 2.20. The first-order chi connectivity index (χ1) is 5.36. The predicted octanol–water partition coefficient (Wildman–Crippen LogP) is 0.640. The summed E-state index contributed by atoms with van der Waals surface area (Å²) in [5.41, 5.74) is 6.27. The molecule has 0 radical (unpaired) electrons. The molecule has 2 rings (SSSR count). The van der Waals surface area contributed by atoms with Crippen LogP contribution in [-0.2, 0) is 0 Å². The Morgan fingerprint density at radius 2 is 2.45 bits per heavy atom. The highest BCUT2D eigenvalue weighted by Gasteiger charge is 2.06. The van der Waals surface area contributed by atoms with Crippen LogP contribution in [0.1, 0.15) is 5.69 Å². The molecule has 11 heavy (non-hydrogen) atoms. The number of nitrogen functional groups attached to an aromatic ring is 1. The van der Waals surface area contributed by atoms with Crippen LogP contribution in [0.4, 0.5) is 5.82 Å². The number of nitrogens with one attached hydrogen (secondary N) is 1. The molecule has 0 aromatic carbocycles. The predicted molar refractivity (Wildman–Crippen MR) is 44.5 cm³/mol. The highest BCUT2D eigenvalue weighted by atomic mass is 32.2. The summed E-state index contributed by atoms with van der Waals surface area (Å²) in [4.78, 5) is 8.16. The van der Waals surface area contributed by atoms with Gasteiger partial charge in [-0.05, 0) is 6.08 Å². The van der Waals surface area contributed by atoms with Gasteiger partial charge < -0.3 is 10.5 Å². The SMILES string of the molecule is Nc1cnc2c(n1)C=CNS2. The van der Waals surface area contributed by atoms with E-state index >= 15 is 0 Å². The molecule has 1 aliphatic heterocycles. The standard InChI is InChI=1S/C6H6N4S/c7-5-3-8-6-4(10-5)1-2-9-11-6/h1-3,9H,(H2,7,10). The lowest BCUT2D eigenvalue weighted by molar-refractivity contribution is 1.03. The van der Waals surface area contributed by atoms with Gasteiger partial charge in [0.1, 0.15) is 16.5 Å². The van der Waals surface area contributed by atoms with Crippen molar-refractivity contribution in [3.8, 4) is 0 Å². The fourth-order valence-corrected chi connectivity index (χ4v) is 1.37. The minimum absolute atomic E-state index is 0.455. The molecule has 0 bridgehead atoms. The number of nitrogens with two attached hydrogens (primary N) is 1. The van der Waals surface area contributed by atoms with E-state index in [9.17, 15) is 0 Å². The van der Waals surface area contributed by atoms with Crippen molar-refractivity contribution in [1.82, 2.24) is 14.7 Å². The van der Waals surface area contributed by atoms with Crippen molar-refractivity contribution in [1.29, 1.82) is 0 Å². The van der Waals surface area contributed by atoms with E-state index in [4.69, 9.17) is 5.73 Å². The highest BCUT2D eigenvalue weighted by molar-refractivity contribution is 7.97. The first-order valence-electron chi connectivity index (χ1n) is 3.08. The van der Waals surface area contributed by atoms with E-state index in [1.807, 2.05) is 6.08 Å². The molecule has 0 amide bonds. The maximum absolute atomic E-state index is 5.44. The summed E-state index contributed by atoms with van der Waals surface area (Å²) in [5, 5.41) is 0.863. The van der Waals surface area contributed by atoms with Crippen LogP contribution < -0.4 is 10.5 Å². The van der Waals surface area contributed by atoms with Gasteiger partial charge >= 0.3 is 0 Å². The Labute approximate surface area is 68.1 Å². The second kappa shape index (κ2) is 2.43. The Bertz CT molecular complexity index is 309. The van der Waals surface area contributed by atoms with Crippen molar-refractivity contribution in [3.63, 3.8) is 0 Å². The van der Waals surface area contributed by atoms with Gasteiger partial charge in [-0.3, -0.25) is 0 Å². The zero-order valence-corrected chi connectivity index (χ0v) is 6.43. The van der Waals surface area contributed by atoms with Crippen molar-refractivity contribution < 1.29 is 0 Å². The average Bonchev–Trinajstić information content (AvgIpc) is 2.04. The van der Waals surface area contributed by atoms with Crippen molar-refractivity contribution in [2.45, 2.75) is 5.03 Å². The van der Waals surface area contributed by atoms with Crippen LogP contribution in [-0.4, -0.2) is 9.97 Å². The topological polar surface area (TPSA) is 63.8 Å². The quantitative estimate of drug-likeness (QED) is 0.554. The van der Waals surface area contributed by atoms with Crippen LogP contribution in [0.2, 0.25) is 0 Å². The maximum Gasteiger partial charge on any atom is 0.142 e. The monoisotopic (exact) mass is 166 g/mol. The van der Waals surface area contributed by atoms with E-state index in [0.717, 1.165) is 10.7 Å². The molecule has 1 aromatic rings. The van der Waals surface area contributed by atoms with Gasteiger partial charge in [-0.2, -0.15) is 0 Å². The van der Waals surface area contributed by atoms with E-state index in [0.29, 0.717) is 5.82 Å².